The molecule has 2 rings (SSSR count). The number of aryl methyl sites for hydroxylation is 1. The molecule has 1 atom stereocenters. The van der Waals surface area contributed by atoms with Gasteiger partial charge in [-0.3, -0.25) is 9.59 Å². The van der Waals surface area contributed by atoms with Crippen molar-refractivity contribution in [1.29, 1.82) is 0 Å². The minimum Gasteiger partial charge on any atom is -0.354 e. The molecule has 1 saturated heterocycles. The van der Waals surface area contributed by atoms with E-state index in [1.54, 1.807) is 17.9 Å². The molecule has 0 saturated carbocycles. The Bertz CT molecular complexity index is 583. The minimum atomic E-state index is -0.494. The van der Waals surface area contributed by atoms with Gasteiger partial charge in [0.15, 0.2) is 0 Å². The number of hydrogen-bond donors (Lipinski definition) is 2. The first-order chi connectivity index (χ1) is 11.0. The molecule has 24 heavy (non-hydrogen) atoms. The van der Waals surface area contributed by atoms with Gasteiger partial charge in [0.2, 0.25) is 5.91 Å². The Morgan fingerprint density at radius 2 is 2.12 bits per heavy atom. The molecular formula is C17H25ClFN3O2. The summed E-state index contributed by atoms with van der Waals surface area (Å²) in [6.45, 7) is 3.06. The Morgan fingerprint density at radius 3 is 2.79 bits per heavy atom. The number of carbonyl (C=O) groups is 2. The van der Waals surface area contributed by atoms with E-state index >= 15 is 0 Å². The summed E-state index contributed by atoms with van der Waals surface area (Å²) in [5.41, 5.74) is 6.23. The average Bonchev–Trinajstić information content (AvgIpc) is 2.53. The fourth-order valence-corrected chi connectivity index (χ4v) is 2.88. The Balaban J connectivity index is 0.00000288. The number of benzene rings is 1. The summed E-state index contributed by atoms with van der Waals surface area (Å²) in [6, 6.07) is 4.54. The van der Waals surface area contributed by atoms with Gasteiger partial charge in [-0.05, 0) is 43.9 Å². The average molecular weight is 358 g/mol. The van der Waals surface area contributed by atoms with Crippen molar-refractivity contribution < 1.29 is 14.0 Å². The molecule has 0 aromatic heterocycles. The highest BCUT2D eigenvalue weighted by Crippen LogP contribution is 2.21. The monoisotopic (exact) mass is 357 g/mol. The van der Waals surface area contributed by atoms with Crippen LogP contribution in [0.2, 0.25) is 0 Å². The predicted molar refractivity (Wildman–Crippen MR) is 93.7 cm³/mol. The molecule has 5 nitrogen and oxygen atoms in total. The molecule has 1 heterocycles. The molecule has 3 N–H and O–H groups in total. The van der Waals surface area contributed by atoms with Crippen molar-refractivity contribution in [2.45, 2.75) is 38.6 Å². The van der Waals surface area contributed by atoms with Crippen LogP contribution in [0.25, 0.3) is 0 Å². The van der Waals surface area contributed by atoms with Gasteiger partial charge in [0, 0.05) is 32.1 Å². The predicted octanol–water partition coefficient (Wildman–Crippen LogP) is 2.02. The summed E-state index contributed by atoms with van der Waals surface area (Å²) in [6.07, 6.45) is 2.97. The SMILES string of the molecule is Cc1ccc(C(=O)N2CCCCC2CNC(=O)CCN)c(F)c1.Cl. The number of nitrogens with zero attached hydrogens (tertiary/aromatic N) is 1. The molecule has 1 aliphatic rings. The highest BCUT2D eigenvalue weighted by atomic mass is 35.5. The lowest BCUT2D eigenvalue weighted by Crippen LogP contribution is -2.49. The summed E-state index contributed by atoms with van der Waals surface area (Å²) >= 11 is 0. The van der Waals surface area contributed by atoms with E-state index in [1.165, 1.54) is 12.1 Å². The molecule has 134 valence electrons. The summed E-state index contributed by atoms with van der Waals surface area (Å²) in [7, 11) is 0. The second kappa shape index (κ2) is 9.59. The summed E-state index contributed by atoms with van der Waals surface area (Å²) < 4.78 is 14.1. The van der Waals surface area contributed by atoms with Crippen molar-refractivity contribution in [3.8, 4) is 0 Å². The van der Waals surface area contributed by atoms with E-state index in [9.17, 15) is 14.0 Å². The molecule has 7 heteroatoms. The minimum absolute atomic E-state index is 0. The lowest BCUT2D eigenvalue weighted by atomic mass is 10.00. The van der Waals surface area contributed by atoms with Crippen LogP contribution in [0.1, 0.15) is 41.6 Å². The van der Waals surface area contributed by atoms with Gasteiger partial charge in [-0.2, -0.15) is 0 Å². The first kappa shape index (κ1) is 20.4. The second-order valence-corrected chi connectivity index (χ2v) is 5.97. The van der Waals surface area contributed by atoms with Gasteiger partial charge in [-0.1, -0.05) is 6.07 Å². The van der Waals surface area contributed by atoms with Gasteiger partial charge in [0.1, 0.15) is 5.82 Å². The normalized spacial score (nSPS) is 17.1. The highest BCUT2D eigenvalue weighted by molar-refractivity contribution is 5.95. The quantitative estimate of drug-likeness (QED) is 0.846. The number of carbonyl (C=O) groups excluding carboxylic acids is 2. The fraction of sp³-hybridized carbons (Fsp3) is 0.529. The first-order valence-electron chi connectivity index (χ1n) is 8.07. The van der Waals surface area contributed by atoms with E-state index < -0.39 is 5.82 Å². The summed E-state index contributed by atoms with van der Waals surface area (Å²) in [5, 5.41) is 2.81. The number of likely N-dealkylation sites (tertiary alicyclic amines) is 1. The van der Waals surface area contributed by atoms with Crippen LogP contribution in [0.15, 0.2) is 18.2 Å². The Labute approximate surface area is 148 Å². The van der Waals surface area contributed by atoms with Crippen molar-refractivity contribution in [3.63, 3.8) is 0 Å². The summed E-state index contributed by atoms with van der Waals surface area (Å²) in [4.78, 5) is 25.9. The second-order valence-electron chi connectivity index (χ2n) is 5.97. The highest BCUT2D eigenvalue weighted by Gasteiger charge is 2.29. The van der Waals surface area contributed by atoms with Crippen LogP contribution in [0.5, 0.6) is 0 Å². The third-order valence-electron chi connectivity index (χ3n) is 4.15. The largest absolute Gasteiger partial charge is 0.354 e. The maximum Gasteiger partial charge on any atom is 0.257 e. The molecular weight excluding hydrogens is 333 g/mol. The van der Waals surface area contributed by atoms with Crippen molar-refractivity contribution in [2.24, 2.45) is 5.73 Å². The number of nitrogens with two attached hydrogens (primary N) is 1. The van der Waals surface area contributed by atoms with Crippen LogP contribution in [0, 0.1) is 12.7 Å². The number of piperidine rings is 1. The Morgan fingerprint density at radius 1 is 1.38 bits per heavy atom. The Hall–Kier alpha value is -1.66. The van der Waals surface area contributed by atoms with E-state index in [-0.39, 0.29) is 42.2 Å². The lowest BCUT2D eigenvalue weighted by Gasteiger charge is -2.36. The van der Waals surface area contributed by atoms with Crippen molar-refractivity contribution in [3.05, 3.63) is 35.1 Å². The summed E-state index contributed by atoms with van der Waals surface area (Å²) in [5.74, 6) is -0.918. The van der Waals surface area contributed by atoms with Crippen molar-refractivity contribution >= 4 is 24.2 Å². The third kappa shape index (κ3) is 5.18. The van der Waals surface area contributed by atoms with Crippen LogP contribution in [0.4, 0.5) is 4.39 Å². The van der Waals surface area contributed by atoms with E-state index in [4.69, 9.17) is 5.73 Å². The lowest BCUT2D eigenvalue weighted by molar-refractivity contribution is -0.121. The van der Waals surface area contributed by atoms with Gasteiger partial charge in [-0.15, -0.1) is 12.4 Å². The van der Waals surface area contributed by atoms with Crippen LogP contribution in [-0.4, -0.2) is 42.4 Å². The van der Waals surface area contributed by atoms with Gasteiger partial charge < -0.3 is 16.0 Å². The van der Waals surface area contributed by atoms with Crippen LogP contribution >= 0.6 is 12.4 Å². The van der Waals surface area contributed by atoms with E-state index in [0.717, 1.165) is 24.8 Å². The van der Waals surface area contributed by atoms with Crippen molar-refractivity contribution in [2.75, 3.05) is 19.6 Å². The molecule has 2 amide bonds. The number of rotatable bonds is 5. The number of halogens is 2. The smallest absolute Gasteiger partial charge is 0.257 e. The maximum absolute atomic E-state index is 14.1. The van der Waals surface area contributed by atoms with Crippen LogP contribution < -0.4 is 11.1 Å². The zero-order valence-corrected chi connectivity index (χ0v) is 14.7. The van der Waals surface area contributed by atoms with Gasteiger partial charge >= 0.3 is 0 Å². The van der Waals surface area contributed by atoms with Gasteiger partial charge in [-0.25, -0.2) is 4.39 Å². The Kier molecular flexibility index (Phi) is 8.15. The molecule has 1 unspecified atom stereocenters. The molecule has 1 aliphatic heterocycles. The molecule has 0 bridgehead atoms. The molecule has 1 fully saturated rings. The zero-order valence-electron chi connectivity index (χ0n) is 13.9. The first-order valence-corrected chi connectivity index (χ1v) is 8.07. The number of nitrogens with one attached hydrogen (secondary N) is 1. The fourth-order valence-electron chi connectivity index (χ4n) is 2.88. The molecule has 1 aromatic rings. The standard InChI is InChI=1S/C17H24FN3O2.ClH/c1-12-5-6-14(15(18)10-12)17(23)21-9-3-2-4-13(21)11-20-16(22)7-8-19;/h5-6,10,13H,2-4,7-9,11,19H2,1H3,(H,20,22);1H. The molecule has 0 spiro atoms. The maximum atomic E-state index is 14.1. The van der Waals surface area contributed by atoms with E-state index in [1.807, 2.05) is 0 Å². The van der Waals surface area contributed by atoms with Crippen LogP contribution in [-0.2, 0) is 4.79 Å². The third-order valence-corrected chi connectivity index (χ3v) is 4.15. The van der Waals surface area contributed by atoms with E-state index in [2.05, 4.69) is 5.32 Å². The number of amides is 2. The molecule has 0 aliphatic carbocycles. The van der Waals surface area contributed by atoms with Crippen LogP contribution in [0.3, 0.4) is 0 Å². The zero-order chi connectivity index (χ0) is 16.8. The van der Waals surface area contributed by atoms with Gasteiger partial charge in [0.05, 0.1) is 5.56 Å². The van der Waals surface area contributed by atoms with Crippen molar-refractivity contribution in [1.82, 2.24) is 10.2 Å². The van der Waals surface area contributed by atoms with Gasteiger partial charge in [0.25, 0.3) is 5.91 Å². The van der Waals surface area contributed by atoms with E-state index in [0.29, 0.717) is 19.6 Å². The number of hydrogen-bond acceptors (Lipinski definition) is 3. The molecule has 0 radical (unpaired) electrons. The molecule has 1 aromatic carbocycles. The topological polar surface area (TPSA) is 75.4 Å².